The molecule has 0 spiro atoms. The molecule has 1 fully saturated rings. The van der Waals surface area contributed by atoms with Gasteiger partial charge in [-0.3, -0.25) is 15.0 Å². The second kappa shape index (κ2) is 10.3. The summed E-state index contributed by atoms with van der Waals surface area (Å²) in [4.78, 5) is 15.3. The molecule has 2 aliphatic rings. The van der Waals surface area contributed by atoms with Crippen molar-refractivity contribution >= 4 is 17.7 Å². The SMILES string of the molecule is C=C/C=C(/c1ccccc1F)c1nc(-c2n[nH]c3c2=CC(c2cncc(CN4CCCC4)c2)CC=3)[nH]c1C. The summed E-state index contributed by atoms with van der Waals surface area (Å²) in [6.07, 6.45) is 15.3. The highest BCUT2D eigenvalue weighted by Gasteiger charge is 2.21. The highest BCUT2D eigenvalue weighted by atomic mass is 19.1. The van der Waals surface area contributed by atoms with E-state index in [1.807, 2.05) is 25.4 Å². The van der Waals surface area contributed by atoms with Crippen LogP contribution >= 0.6 is 0 Å². The number of rotatable bonds is 7. The molecule has 0 radical (unpaired) electrons. The van der Waals surface area contributed by atoms with Crippen molar-refractivity contribution < 1.29 is 4.39 Å². The van der Waals surface area contributed by atoms with Crippen LogP contribution in [0.4, 0.5) is 4.39 Å². The van der Waals surface area contributed by atoms with Crippen molar-refractivity contribution in [2.45, 2.75) is 38.6 Å². The number of pyridine rings is 1. The highest BCUT2D eigenvalue weighted by molar-refractivity contribution is 5.81. The van der Waals surface area contributed by atoms with Crippen LogP contribution in [0, 0.1) is 12.7 Å². The molecule has 192 valence electrons. The zero-order valence-electron chi connectivity index (χ0n) is 21.5. The van der Waals surface area contributed by atoms with Crippen molar-refractivity contribution in [3.8, 4) is 11.5 Å². The Morgan fingerprint density at radius 3 is 2.87 bits per heavy atom. The highest BCUT2D eigenvalue weighted by Crippen LogP contribution is 2.29. The molecule has 1 aromatic carbocycles. The number of nitrogens with zero attached hydrogens (tertiary/aromatic N) is 4. The Morgan fingerprint density at radius 2 is 2.05 bits per heavy atom. The molecule has 6 nitrogen and oxygen atoms in total. The number of allylic oxidation sites excluding steroid dienone is 2. The van der Waals surface area contributed by atoms with Crippen LogP contribution in [0.3, 0.4) is 0 Å². The number of likely N-dealkylation sites (tertiary alicyclic amines) is 1. The van der Waals surface area contributed by atoms with Crippen molar-refractivity contribution in [2.24, 2.45) is 0 Å². The number of aromatic amines is 2. The molecule has 4 heterocycles. The van der Waals surface area contributed by atoms with Crippen LogP contribution in [-0.2, 0) is 6.54 Å². The Hall–Kier alpha value is -4.10. The Kier molecular flexibility index (Phi) is 6.60. The quantitative estimate of drug-likeness (QED) is 0.359. The minimum Gasteiger partial charge on any atom is -0.340 e. The molecule has 3 aromatic heterocycles. The van der Waals surface area contributed by atoms with Crippen LogP contribution in [0.5, 0.6) is 0 Å². The normalized spacial score (nSPS) is 17.6. The van der Waals surface area contributed by atoms with Gasteiger partial charge in [-0.1, -0.05) is 55.1 Å². The number of aryl methyl sites for hydroxylation is 1. The lowest BCUT2D eigenvalue weighted by Gasteiger charge is -2.17. The Labute approximate surface area is 221 Å². The van der Waals surface area contributed by atoms with E-state index in [1.165, 1.54) is 43.1 Å². The van der Waals surface area contributed by atoms with Crippen LogP contribution in [0.1, 0.15) is 53.3 Å². The molecule has 38 heavy (non-hydrogen) atoms. The fraction of sp³-hybridized carbons (Fsp3) is 0.258. The van der Waals surface area contributed by atoms with Gasteiger partial charge in [-0.25, -0.2) is 9.37 Å². The smallest absolute Gasteiger partial charge is 0.159 e. The molecule has 1 aliphatic carbocycles. The largest absolute Gasteiger partial charge is 0.340 e. The van der Waals surface area contributed by atoms with Gasteiger partial charge in [0.2, 0.25) is 0 Å². The van der Waals surface area contributed by atoms with Gasteiger partial charge in [0.15, 0.2) is 5.82 Å². The number of hydrogen-bond donors (Lipinski definition) is 2. The summed E-state index contributed by atoms with van der Waals surface area (Å²) >= 11 is 0. The first kappa shape index (κ1) is 24.2. The number of nitrogens with one attached hydrogen (secondary N) is 2. The van der Waals surface area contributed by atoms with E-state index in [0.29, 0.717) is 22.7 Å². The van der Waals surface area contributed by atoms with E-state index in [1.54, 1.807) is 24.3 Å². The summed E-state index contributed by atoms with van der Waals surface area (Å²) < 4.78 is 14.7. The van der Waals surface area contributed by atoms with Gasteiger partial charge in [-0.15, -0.1) is 0 Å². The van der Waals surface area contributed by atoms with Gasteiger partial charge in [0.05, 0.1) is 11.0 Å². The molecule has 1 aliphatic heterocycles. The molecule has 0 bridgehead atoms. The van der Waals surface area contributed by atoms with Crippen LogP contribution in [-0.4, -0.2) is 43.1 Å². The molecule has 1 atom stereocenters. The van der Waals surface area contributed by atoms with Gasteiger partial charge in [-0.2, -0.15) is 5.10 Å². The van der Waals surface area contributed by atoms with Gasteiger partial charge >= 0.3 is 0 Å². The molecule has 0 amide bonds. The first-order chi connectivity index (χ1) is 18.6. The number of halogens is 1. The van der Waals surface area contributed by atoms with Crippen molar-refractivity contribution in [3.05, 3.63) is 106 Å². The molecular formula is C31H31FN6. The Morgan fingerprint density at radius 1 is 1.21 bits per heavy atom. The van der Waals surface area contributed by atoms with E-state index >= 15 is 0 Å². The topological polar surface area (TPSA) is 73.5 Å². The Bertz CT molecular complexity index is 1640. The fourth-order valence-corrected chi connectivity index (χ4v) is 5.54. The van der Waals surface area contributed by atoms with E-state index < -0.39 is 0 Å². The third kappa shape index (κ3) is 4.65. The average molecular weight is 507 g/mol. The number of H-pyrrole nitrogens is 2. The predicted molar refractivity (Wildman–Crippen MR) is 149 cm³/mol. The van der Waals surface area contributed by atoms with E-state index in [2.05, 4.69) is 49.9 Å². The molecule has 6 rings (SSSR count). The summed E-state index contributed by atoms with van der Waals surface area (Å²) in [5.74, 6) is 0.551. The van der Waals surface area contributed by atoms with Gasteiger partial charge in [0.1, 0.15) is 11.5 Å². The summed E-state index contributed by atoms with van der Waals surface area (Å²) in [5, 5.41) is 9.80. The third-order valence-corrected chi connectivity index (χ3v) is 7.44. The number of fused-ring (bicyclic) bond motifs is 1. The molecule has 1 saturated heterocycles. The van der Waals surface area contributed by atoms with Gasteiger partial charge in [-0.05, 0) is 56.5 Å². The molecule has 7 heteroatoms. The lowest BCUT2D eigenvalue weighted by atomic mass is 9.92. The van der Waals surface area contributed by atoms with Crippen molar-refractivity contribution in [3.63, 3.8) is 0 Å². The van der Waals surface area contributed by atoms with Crippen LogP contribution in [0.15, 0.2) is 61.5 Å². The van der Waals surface area contributed by atoms with Crippen molar-refractivity contribution in [1.29, 1.82) is 0 Å². The third-order valence-electron chi connectivity index (χ3n) is 7.44. The zero-order valence-corrected chi connectivity index (χ0v) is 21.5. The summed E-state index contributed by atoms with van der Waals surface area (Å²) in [6.45, 7) is 9.06. The monoisotopic (exact) mass is 506 g/mol. The standard InChI is InChI=1S/C31H31FN6/c1-3-8-25(24-9-4-5-10-27(24)32)29-20(2)34-31(35-29)30-26-16-22(11-12-28(26)36-37-30)23-15-21(17-33-18-23)19-38-13-6-7-14-38/h3-5,8-10,12,15-18,22,36H,1,6-7,11,13-14,19H2,2H3,(H,34,35)/b25-8-. The molecule has 4 aromatic rings. The lowest BCUT2D eigenvalue weighted by Crippen LogP contribution is -2.28. The van der Waals surface area contributed by atoms with Gasteiger partial charge < -0.3 is 4.98 Å². The summed E-state index contributed by atoms with van der Waals surface area (Å²) in [6, 6.07) is 9.01. The van der Waals surface area contributed by atoms with Crippen LogP contribution in [0.2, 0.25) is 0 Å². The maximum absolute atomic E-state index is 14.7. The summed E-state index contributed by atoms with van der Waals surface area (Å²) in [5.41, 5.74) is 5.90. The number of aromatic nitrogens is 5. The minimum absolute atomic E-state index is 0.204. The van der Waals surface area contributed by atoms with Crippen molar-refractivity contribution in [1.82, 2.24) is 30.0 Å². The number of hydrogen-bond acceptors (Lipinski definition) is 4. The zero-order chi connectivity index (χ0) is 26.1. The first-order valence-electron chi connectivity index (χ1n) is 13.2. The minimum atomic E-state index is -0.298. The average Bonchev–Trinajstić information content (AvgIpc) is 3.68. The first-order valence-corrected chi connectivity index (χ1v) is 13.2. The van der Waals surface area contributed by atoms with Gasteiger partial charge in [0, 0.05) is 46.9 Å². The molecule has 0 saturated carbocycles. The fourth-order valence-electron chi connectivity index (χ4n) is 5.54. The van der Waals surface area contributed by atoms with E-state index in [0.717, 1.165) is 34.9 Å². The van der Waals surface area contributed by atoms with Gasteiger partial charge in [0.25, 0.3) is 0 Å². The summed E-state index contributed by atoms with van der Waals surface area (Å²) in [7, 11) is 0. The second-order valence-electron chi connectivity index (χ2n) is 10.1. The van der Waals surface area contributed by atoms with E-state index in [-0.39, 0.29) is 11.7 Å². The number of benzene rings is 1. The lowest BCUT2D eigenvalue weighted by molar-refractivity contribution is 0.331. The molecule has 2 N–H and O–H groups in total. The number of imidazole rings is 1. The van der Waals surface area contributed by atoms with E-state index in [4.69, 9.17) is 4.98 Å². The Balaban J connectivity index is 1.35. The maximum Gasteiger partial charge on any atom is 0.159 e. The molecule has 1 unspecified atom stereocenters. The maximum atomic E-state index is 14.7. The van der Waals surface area contributed by atoms with E-state index in [9.17, 15) is 4.39 Å². The van der Waals surface area contributed by atoms with Crippen molar-refractivity contribution in [2.75, 3.05) is 13.1 Å². The second-order valence-corrected chi connectivity index (χ2v) is 10.1. The van der Waals surface area contributed by atoms with Crippen LogP contribution in [0.25, 0.3) is 29.2 Å². The predicted octanol–water partition coefficient (Wildman–Crippen LogP) is 4.60. The molecular weight excluding hydrogens is 475 g/mol. The van der Waals surface area contributed by atoms with Crippen LogP contribution < -0.4 is 10.6 Å².